The van der Waals surface area contributed by atoms with E-state index in [9.17, 15) is 24.0 Å². The van der Waals surface area contributed by atoms with Gasteiger partial charge < -0.3 is 40.5 Å². The molecule has 0 aliphatic heterocycles. The SMILES string of the molecule is C#C.C#C.C=C(CN(CCC)C(=O)CNC(=O)OC)N/C(=C\C)c1ccc(-c2ccc3c(NC(=O)CN(CCC)C(=O)CNC(=O)OC)nccc3c2)cc1.CCC.CCC. The molecule has 4 N–H and O–H groups in total. The van der Waals surface area contributed by atoms with Gasteiger partial charge in [-0.15, -0.1) is 25.7 Å². The van der Waals surface area contributed by atoms with E-state index in [0.29, 0.717) is 31.0 Å². The number of anilines is 1. The fraction of sp³-hybridized carbons (Fsp3) is 0.404. The smallest absolute Gasteiger partial charge is 0.407 e. The lowest BCUT2D eigenvalue weighted by Crippen LogP contribution is -2.44. The Balaban J connectivity index is 0. The number of nitrogens with one attached hydrogen (secondary N) is 4. The number of alkyl carbamates (subject to hydrolysis) is 2. The van der Waals surface area contributed by atoms with E-state index >= 15 is 0 Å². The highest BCUT2D eigenvalue weighted by molar-refractivity contribution is 6.03. The largest absolute Gasteiger partial charge is 0.453 e. The van der Waals surface area contributed by atoms with Crippen LogP contribution < -0.4 is 21.3 Å². The van der Waals surface area contributed by atoms with E-state index in [1.54, 1.807) is 11.1 Å². The molecule has 3 aromatic rings. The number of aromatic nitrogens is 1. The van der Waals surface area contributed by atoms with E-state index in [0.717, 1.165) is 39.6 Å². The molecule has 14 nitrogen and oxygen atoms in total. The summed E-state index contributed by atoms with van der Waals surface area (Å²) in [6.45, 7) is 18.9. The van der Waals surface area contributed by atoms with Crippen molar-refractivity contribution in [3.05, 3.63) is 78.6 Å². The Labute approximate surface area is 363 Å². The van der Waals surface area contributed by atoms with Gasteiger partial charge in [-0.05, 0) is 54.0 Å². The van der Waals surface area contributed by atoms with E-state index in [1.807, 2.05) is 75.4 Å². The number of amides is 5. The lowest BCUT2D eigenvalue weighted by Gasteiger charge is -2.24. The van der Waals surface area contributed by atoms with Crippen LogP contribution >= 0.6 is 0 Å². The van der Waals surface area contributed by atoms with Gasteiger partial charge in [-0.25, -0.2) is 14.6 Å². The van der Waals surface area contributed by atoms with Gasteiger partial charge in [0.1, 0.15) is 18.9 Å². The number of terminal acetylenes is 2. The van der Waals surface area contributed by atoms with Gasteiger partial charge in [0.15, 0.2) is 0 Å². The van der Waals surface area contributed by atoms with Crippen molar-refractivity contribution in [1.29, 1.82) is 0 Å². The van der Waals surface area contributed by atoms with Crippen molar-refractivity contribution < 1.29 is 33.4 Å². The Hall–Kier alpha value is -6.80. The number of carbonyl (C=O) groups excluding carboxylic acids is 5. The predicted octanol–water partition coefficient (Wildman–Crippen LogP) is 7.83. The van der Waals surface area contributed by atoms with Crippen LogP contribution in [-0.4, -0.2) is 98.2 Å². The number of hydrogen-bond donors (Lipinski definition) is 4. The Kier molecular flexibility index (Phi) is 31.5. The van der Waals surface area contributed by atoms with Crippen LogP contribution in [0.15, 0.2) is 73.1 Å². The fourth-order valence-electron chi connectivity index (χ4n) is 5.20. The third kappa shape index (κ3) is 21.7. The molecular weight excluding hydrogens is 775 g/mol. The summed E-state index contributed by atoms with van der Waals surface area (Å²) >= 11 is 0. The Morgan fingerprint density at radius 1 is 0.721 bits per heavy atom. The van der Waals surface area contributed by atoms with Crippen molar-refractivity contribution in [2.24, 2.45) is 0 Å². The summed E-state index contributed by atoms with van der Waals surface area (Å²) in [5, 5.41) is 12.5. The molecule has 0 bridgehead atoms. The zero-order chi connectivity index (χ0) is 46.8. The summed E-state index contributed by atoms with van der Waals surface area (Å²) in [7, 11) is 2.45. The maximum absolute atomic E-state index is 13.0. The van der Waals surface area contributed by atoms with E-state index < -0.39 is 24.0 Å². The number of allylic oxidation sites excluding steroid dienone is 1. The second-order valence-corrected chi connectivity index (χ2v) is 12.9. The number of ether oxygens (including phenoxy) is 2. The normalized spacial score (nSPS) is 9.75. The van der Waals surface area contributed by atoms with Gasteiger partial charge in [-0.2, -0.15) is 0 Å². The first kappa shape index (κ1) is 56.3. The standard InChI is InChI=1S/C37H47N7O7.2C3H8.2C2H2/c1-7-18-43(33(46)21-39-36(48)50-5)23-25(4)41-31(9-3)27-12-10-26(11-13-27)28-14-15-30-29(20-28)16-17-38-35(30)42-32(45)24-44(19-8-2)34(47)22-40-37(49)51-6;2*1-3-2;2*1-2/h9-17,20,41H,4,7-8,18-19,21-24H2,1-3,5-6H3,(H,39,48)(H,40,49)(H,38,42,45);2*3H2,1-2H3;2*1-2H/b31-9-;;;;. The molecule has 0 fully saturated rings. The minimum Gasteiger partial charge on any atom is -0.453 e. The summed E-state index contributed by atoms with van der Waals surface area (Å²) in [6, 6.07) is 15.7. The monoisotopic (exact) mass is 842 g/mol. The van der Waals surface area contributed by atoms with Gasteiger partial charge >= 0.3 is 12.2 Å². The van der Waals surface area contributed by atoms with Crippen LogP contribution in [0, 0.1) is 25.7 Å². The molecule has 1 heterocycles. The molecule has 0 aliphatic carbocycles. The van der Waals surface area contributed by atoms with Crippen molar-refractivity contribution >= 4 is 52.2 Å². The molecule has 0 aliphatic rings. The number of carbonyl (C=O) groups is 5. The van der Waals surface area contributed by atoms with Gasteiger partial charge in [0.2, 0.25) is 17.7 Å². The molecule has 0 saturated heterocycles. The number of nitrogens with zero attached hydrogens (tertiary/aromatic N) is 3. The predicted molar refractivity (Wildman–Crippen MR) is 248 cm³/mol. The minimum absolute atomic E-state index is 0.169. The molecule has 0 spiro atoms. The second-order valence-electron chi connectivity index (χ2n) is 12.9. The summed E-state index contributed by atoms with van der Waals surface area (Å²) in [5.74, 6) is -0.683. The first-order valence-corrected chi connectivity index (χ1v) is 20.1. The van der Waals surface area contributed by atoms with E-state index in [2.05, 4.69) is 95.7 Å². The Bertz CT molecular complexity index is 1860. The highest BCUT2D eigenvalue weighted by Gasteiger charge is 2.19. The first-order valence-electron chi connectivity index (χ1n) is 20.1. The second kappa shape index (κ2) is 34.1. The molecule has 0 saturated carbocycles. The van der Waals surface area contributed by atoms with E-state index in [1.165, 1.54) is 32.0 Å². The third-order valence-corrected chi connectivity index (χ3v) is 7.70. The highest BCUT2D eigenvalue weighted by Crippen LogP contribution is 2.28. The summed E-state index contributed by atoms with van der Waals surface area (Å²) < 4.78 is 9.06. The molecule has 14 heteroatoms. The first-order chi connectivity index (χ1) is 29.4. The van der Waals surface area contributed by atoms with Crippen LogP contribution in [0.4, 0.5) is 15.4 Å². The van der Waals surface area contributed by atoms with Crippen molar-refractivity contribution in [2.45, 2.75) is 74.1 Å². The van der Waals surface area contributed by atoms with Crippen LogP contribution in [0.1, 0.15) is 79.7 Å². The third-order valence-electron chi connectivity index (χ3n) is 7.70. The lowest BCUT2D eigenvalue weighted by molar-refractivity contribution is -0.133. The van der Waals surface area contributed by atoms with Gasteiger partial charge in [0.05, 0.1) is 27.3 Å². The summed E-state index contributed by atoms with van der Waals surface area (Å²) in [6.07, 6.45) is 22.0. The number of benzene rings is 2. The summed E-state index contributed by atoms with van der Waals surface area (Å²) in [4.78, 5) is 68.4. The van der Waals surface area contributed by atoms with E-state index in [4.69, 9.17) is 0 Å². The fourth-order valence-corrected chi connectivity index (χ4v) is 5.20. The molecule has 332 valence electrons. The zero-order valence-corrected chi connectivity index (χ0v) is 37.6. The van der Waals surface area contributed by atoms with E-state index in [-0.39, 0.29) is 32.1 Å². The van der Waals surface area contributed by atoms with Gasteiger partial charge in [-0.1, -0.05) is 103 Å². The molecule has 0 unspecified atom stereocenters. The molecule has 61 heavy (non-hydrogen) atoms. The Morgan fingerprint density at radius 3 is 1.66 bits per heavy atom. The number of hydrogen-bond acceptors (Lipinski definition) is 9. The molecule has 3 rings (SSSR count). The average Bonchev–Trinajstić information content (AvgIpc) is 3.27. The number of pyridine rings is 1. The molecule has 0 radical (unpaired) electrons. The number of rotatable bonds is 17. The average molecular weight is 842 g/mol. The van der Waals surface area contributed by atoms with Gasteiger partial charge in [-0.3, -0.25) is 14.4 Å². The van der Waals surface area contributed by atoms with Gasteiger partial charge in [0.25, 0.3) is 0 Å². The van der Waals surface area contributed by atoms with Crippen molar-refractivity contribution in [3.8, 4) is 36.8 Å². The summed E-state index contributed by atoms with van der Waals surface area (Å²) in [5.41, 5.74) is 4.31. The lowest BCUT2D eigenvalue weighted by atomic mass is 10.00. The maximum atomic E-state index is 13.0. The maximum Gasteiger partial charge on any atom is 0.407 e. The molecule has 0 atom stereocenters. The van der Waals surface area contributed by atoms with Crippen LogP contribution in [0.25, 0.3) is 27.6 Å². The molecule has 2 aromatic carbocycles. The highest BCUT2D eigenvalue weighted by atomic mass is 16.5. The molecular formula is C47H67N7O7. The molecule has 5 amide bonds. The van der Waals surface area contributed by atoms with Crippen molar-refractivity contribution in [1.82, 2.24) is 30.7 Å². The topological polar surface area (TPSA) is 171 Å². The number of fused-ring (bicyclic) bond motifs is 1. The molecule has 1 aromatic heterocycles. The van der Waals surface area contributed by atoms with Gasteiger partial charge in [0, 0.05) is 36.1 Å². The van der Waals surface area contributed by atoms with Crippen LogP contribution in [0.3, 0.4) is 0 Å². The zero-order valence-electron chi connectivity index (χ0n) is 37.6. The quantitative estimate of drug-likeness (QED) is 0.0990. The minimum atomic E-state index is -0.727. The van der Waals surface area contributed by atoms with Crippen molar-refractivity contribution in [3.63, 3.8) is 0 Å². The number of methoxy groups -OCH3 is 2. The van der Waals surface area contributed by atoms with Crippen LogP contribution in [0.2, 0.25) is 0 Å². The van der Waals surface area contributed by atoms with Crippen molar-refractivity contribution in [2.75, 3.05) is 58.8 Å². The van der Waals surface area contributed by atoms with Crippen LogP contribution in [0.5, 0.6) is 0 Å². The Morgan fingerprint density at radius 2 is 1.20 bits per heavy atom. The van der Waals surface area contributed by atoms with Crippen LogP contribution in [-0.2, 0) is 23.9 Å².